The number of aliphatic hydroxyl groups excluding tert-OH is 1. The van der Waals surface area contributed by atoms with E-state index >= 15 is 0 Å². The van der Waals surface area contributed by atoms with Crippen LogP contribution >= 0.6 is 0 Å². The molecule has 1 heterocycles. The molecule has 1 aromatic heterocycles. The van der Waals surface area contributed by atoms with Crippen LogP contribution in [0.25, 0.3) is 0 Å². The van der Waals surface area contributed by atoms with Crippen molar-refractivity contribution in [3.63, 3.8) is 0 Å². The number of alkyl halides is 2. The Morgan fingerprint density at radius 2 is 2.29 bits per heavy atom. The lowest BCUT2D eigenvalue weighted by molar-refractivity contribution is -0.00275. The molecule has 1 aromatic rings. The first-order valence-corrected chi connectivity index (χ1v) is 5.20. The molecule has 1 unspecified atom stereocenters. The van der Waals surface area contributed by atoms with E-state index in [4.69, 9.17) is 5.11 Å². The maximum Gasteiger partial charge on any atom is 0.291 e. The summed E-state index contributed by atoms with van der Waals surface area (Å²) in [6.45, 7) is 1.41. The molecule has 8 heteroatoms. The summed E-state index contributed by atoms with van der Waals surface area (Å²) in [4.78, 5) is 15.3. The number of rotatable bonds is 6. The van der Waals surface area contributed by atoms with Crippen LogP contribution in [-0.2, 0) is 6.42 Å². The lowest BCUT2D eigenvalue weighted by Crippen LogP contribution is -2.36. The number of aliphatic hydroxyl groups is 1. The van der Waals surface area contributed by atoms with E-state index in [9.17, 15) is 13.6 Å². The third-order valence-corrected chi connectivity index (χ3v) is 1.98. The summed E-state index contributed by atoms with van der Waals surface area (Å²) in [5.74, 6) is -0.245. The van der Waals surface area contributed by atoms with E-state index in [1.807, 2.05) is 6.92 Å². The third kappa shape index (κ3) is 4.06. The van der Waals surface area contributed by atoms with Crippen LogP contribution in [0.1, 0.15) is 29.8 Å². The molecule has 0 aliphatic rings. The molecule has 3 N–H and O–H groups in total. The van der Waals surface area contributed by atoms with Crippen LogP contribution < -0.4 is 5.32 Å². The Morgan fingerprint density at radius 3 is 2.88 bits per heavy atom. The second-order valence-electron chi connectivity index (χ2n) is 3.47. The van der Waals surface area contributed by atoms with Crippen molar-refractivity contribution < 1.29 is 18.7 Å². The molecule has 0 saturated heterocycles. The van der Waals surface area contributed by atoms with Crippen LogP contribution in [0.4, 0.5) is 8.78 Å². The van der Waals surface area contributed by atoms with E-state index in [2.05, 4.69) is 20.5 Å². The van der Waals surface area contributed by atoms with Crippen LogP contribution in [0.2, 0.25) is 0 Å². The number of nitrogens with one attached hydrogen (secondary N) is 2. The number of aryl methyl sites for hydroxylation is 1. The topological polar surface area (TPSA) is 90.9 Å². The number of hydrogen-bond donors (Lipinski definition) is 3. The Bertz CT molecular complexity index is 370. The summed E-state index contributed by atoms with van der Waals surface area (Å²) >= 11 is 0. The van der Waals surface area contributed by atoms with Crippen molar-refractivity contribution >= 4 is 5.91 Å². The van der Waals surface area contributed by atoms with Gasteiger partial charge >= 0.3 is 0 Å². The second kappa shape index (κ2) is 6.24. The number of carbonyl (C=O) groups excluding carboxylic acids is 1. The van der Waals surface area contributed by atoms with Crippen LogP contribution in [0.3, 0.4) is 0 Å². The minimum absolute atomic E-state index is 0.116. The molecule has 0 aliphatic heterocycles. The highest BCUT2D eigenvalue weighted by atomic mass is 19.3. The Balaban J connectivity index is 2.46. The molecule has 1 atom stereocenters. The second-order valence-corrected chi connectivity index (χ2v) is 3.47. The molecular weight excluding hydrogens is 234 g/mol. The number of halogens is 2. The average Bonchev–Trinajstić information content (AvgIpc) is 2.74. The smallest absolute Gasteiger partial charge is 0.291 e. The fourth-order valence-corrected chi connectivity index (χ4v) is 1.11. The summed E-state index contributed by atoms with van der Waals surface area (Å²) in [5.41, 5.74) is 0. The van der Waals surface area contributed by atoms with Crippen LogP contribution in [-0.4, -0.2) is 45.3 Å². The van der Waals surface area contributed by atoms with Crippen molar-refractivity contribution in [2.24, 2.45) is 0 Å². The number of H-pyrrole nitrogens is 1. The van der Waals surface area contributed by atoms with Crippen molar-refractivity contribution in [1.29, 1.82) is 0 Å². The Labute approximate surface area is 96.4 Å². The number of aromatic nitrogens is 3. The SMILES string of the molecule is CCCc1nc(C(=O)NCC(O)C(F)F)n[nH]1. The number of nitrogens with zero attached hydrogens (tertiary/aromatic N) is 2. The first-order valence-electron chi connectivity index (χ1n) is 5.20. The van der Waals surface area contributed by atoms with Gasteiger partial charge in [-0.25, -0.2) is 13.8 Å². The fraction of sp³-hybridized carbons (Fsp3) is 0.667. The minimum Gasteiger partial charge on any atom is -0.385 e. The fourth-order valence-electron chi connectivity index (χ4n) is 1.11. The van der Waals surface area contributed by atoms with Gasteiger partial charge in [0.15, 0.2) is 0 Å². The monoisotopic (exact) mass is 248 g/mol. The van der Waals surface area contributed by atoms with E-state index in [0.29, 0.717) is 12.2 Å². The van der Waals surface area contributed by atoms with Gasteiger partial charge in [-0.2, -0.15) is 0 Å². The lowest BCUT2D eigenvalue weighted by atomic mass is 10.3. The Hall–Kier alpha value is -1.57. The molecule has 0 spiro atoms. The lowest BCUT2D eigenvalue weighted by Gasteiger charge is -2.08. The predicted octanol–water partition coefficient (Wildman–Crippen LogP) is 0.113. The van der Waals surface area contributed by atoms with Gasteiger partial charge in [-0.05, 0) is 6.42 Å². The summed E-state index contributed by atoms with van der Waals surface area (Å²) in [6, 6.07) is 0. The van der Waals surface area contributed by atoms with Gasteiger partial charge in [0.25, 0.3) is 12.3 Å². The zero-order valence-electron chi connectivity index (χ0n) is 9.28. The minimum atomic E-state index is -2.89. The molecule has 1 rings (SSSR count). The van der Waals surface area contributed by atoms with Gasteiger partial charge in [-0.15, -0.1) is 5.10 Å². The molecule has 0 aromatic carbocycles. The first kappa shape index (κ1) is 13.5. The van der Waals surface area contributed by atoms with Gasteiger partial charge in [-0.3, -0.25) is 9.89 Å². The average molecular weight is 248 g/mol. The molecule has 1 amide bonds. The normalized spacial score (nSPS) is 12.8. The highest BCUT2D eigenvalue weighted by molar-refractivity contribution is 5.90. The predicted molar refractivity (Wildman–Crippen MR) is 54.7 cm³/mol. The molecule has 17 heavy (non-hydrogen) atoms. The molecule has 0 bridgehead atoms. The highest BCUT2D eigenvalue weighted by Crippen LogP contribution is 2.00. The summed E-state index contributed by atoms with van der Waals surface area (Å²) in [5, 5.41) is 17.1. The van der Waals surface area contributed by atoms with Gasteiger partial charge < -0.3 is 10.4 Å². The van der Waals surface area contributed by atoms with Gasteiger partial charge in [0, 0.05) is 13.0 Å². The van der Waals surface area contributed by atoms with E-state index < -0.39 is 25.0 Å². The number of carbonyl (C=O) groups is 1. The zero-order valence-corrected chi connectivity index (χ0v) is 9.28. The van der Waals surface area contributed by atoms with Crippen molar-refractivity contribution in [3.05, 3.63) is 11.6 Å². The number of hydrogen-bond acceptors (Lipinski definition) is 4. The zero-order chi connectivity index (χ0) is 12.8. The van der Waals surface area contributed by atoms with Gasteiger partial charge in [0.1, 0.15) is 11.9 Å². The van der Waals surface area contributed by atoms with Crippen molar-refractivity contribution in [2.45, 2.75) is 32.3 Å². The van der Waals surface area contributed by atoms with Crippen LogP contribution in [0.15, 0.2) is 0 Å². The van der Waals surface area contributed by atoms with Gasteiger partial charge in [0.2, 0.25) is 5.82 Å². The largest absolute Gasteiger partial charge is 0.385 e. The first-order chi connectivity index (χ1) is 8.04. The van der Waals surface area contributed by atoms with Crippen molar-refractivity contribution in [3.8, 4) is 0 Å². The molecular formula is C9H14F2N4O2. The van der Waals surface area contributed by atoms with Gasteiger partial charge in [-0.1, -0.05) is 6.92 Å². The molecule has 0 radical (unpaired) electrons. The van der Waals surface area contributed by atoms with E-state index in [1.54, 1.807) is 0 Å². The van der Waals surface area contributed by atoms with Crippen LogP contribution in [0, 0.1) is 0 Å². The van der Waals surface area contributed by atoms with E-state index in [1.165, 1.54) is 0 Å². The van der Waals surface area contributed by atoms with E-state index in [0.717, 1.165) is 6.42 Å². The Morgan fingerprint density at radius 1 is 1.59 bits per heavy atom. The number of aromatic amines is 1. The molecule has 0 aliphatic carbocycles. The summed E-state index contributed by atoms with van der Waals surface area (Å²) < 4.78 is 23.9. The van der Waals surface area contributed by atoms with Gasteiger partial charge in [0.05, 0.1) is 0 Å². The molecule has 6 nitrogen and oxygen atoms in total. The maximum absolute atomic E-state index is 11.9. The quantitative estimate of drug-likeness (QED) is 0.666. The van der Waals surface area contributed by atoms with Crippen LogP contribution in [0.5, 0.6) is 0 Å². The summed E-state index contributed by atoms with van der Waals surface area (Å²) in [6.07, 6.45) is -3.27. The third-order valence-electron chi connectivity index (χ3n) is 1.98. The van der Waals surface area contributed by atoms with Crippen molar-refractivity contribution in [1.82, 2.24) is 20.5 Å². The van der Waals surface area contributed by atoms with E-state index in [-0.39, 0.29) is 5.82 Å². The molecule has 0 fully saturated rings. The number of amides is 1. The summed E-state index contributed by atoms with van der Waals surface area (Å²) in [7, 11) is 0. The molecule has 0 saturated carbocycles. The standard InChI is InChI=1S/C9H14F2N4O2/c1-2-3-6-13-8(15-14-6)9(17)12-4-5(16)7(10)11/h5,7,16H,2-4H2,1H3,(H,12,17)(H,13,14,15). The van der Waals surface area contributed by atoms with Crippen molar-refractivity contribution in [2.75, 3.05) is 6.54 Å². The maximum atomic E-state index is 11.9. The Kier molecular flexibility index (Phi) is 4.95. The highest BCUT2D eigenvalue weighted by Gasteiger charge is 2.19. The molecule has 96 valence electrons.